The zero-order valence-corrected chi connectivity index (χ0v) is 11.3. The molecule has 0 saturated carbocycles. The van der Waals surface area contributed by atoms with Crippen LogP contribution < -0.4 is 4.74 Å². The Morgan fingerprint density at radius 3 is 2.62 bits per heavy atom. The summed E-state index contributed by atoms with van der Waals surface area (Å²) in [5.74, 6) is -0.0456. The molecule has 0 aliphatic rings. The van der Waals surface area contributed by atoms with Crippen molar-refractivity contribution < 1.29 is 13.9 Å². The first kappa shape index (κ1) is 13.2. The molecule has 2 aromatic carbocycles. The molecule has 4 heteroatoms. The molecule has 3 nitrogen and oxygen atoms in total. The Bertz CT molecular complexity index is 830. The monoisotopic (exact) mass is 281 g/mol. The van der Waals surface area contributed by atoms with Crippen LogP contribution in [0, 0.1) is 5.82 Å². The van der Waals surface area contributed by atoms with Crippen LogP contribution in [0.4, 0.5) is 4.39 Å². The summed E-state index contributed by atoms with van der Waals surface area (Å²) in [6, 6.07) is 11.3. The molecule has 0 amide bonds. The van der Waals surface area contributed by atoms with Gasteiger partial charge in [0.15, 0.2) is 5.78 Å². The lowest BCUT2D eigenvalue weighted by Gasteiger charge is -2.07. The van der Waals surface area contributed by atoms with Crippen LogP contribution in [0.15, 0.2) is 54.9 Å². The third kappa shape index (κ3) is 2.36. The Morgan fingerprint density at radius 2 is 1.86 bits per heavy atom. The number of aromatic nitrogens is 1. The largest absolute Gasteiger partial charge is 0.495 e. The minimum Gasteiger partial charge on any atom is -0.495 e. The maximum absolute atomic E-state index is 13.8. The number of nitrogens with zero attached hydrogens (tertiary/aromatic N) is 1. The van der Waals surface area contributed by atoms with Crippen molar-refractivity contribution in [3.63, 3.8) is 0 Å². The van der Waals surface area contributed by atoms with Crippen molar-refractivity contribution in [2.24, 2.45) is 0 Å². The van der Waals surface area contributed by atoms with E-state index in [2.05, 4.69) is 4.98 Å². The Balaban J connectivity index is 2.16. The van der Waals surface area contributed by atoms with Gasteiger partial charge in [-0.15, -0.1) is 0 Å². The van der Waals surface area contributed by atoms with Gasteiger partial charge in [0.2, 0.25) is 0 Å². The van der Waals surface area contributed by atoms with E-state index in [1.165, 1.54) is 31.6 Å². The lowest BCUT2D eigenvalue weighted by molar-refractivity contribution is 0.103. The molecule has 104 valence electrons. The topological polar surface area (TPSA) is 39.2 Å². The molecular weight excluding hydrogens is 269 g/mol. The molecule has 0 aliphatic heterocycles. The smallest absolute Gasteiger partial charge is 0.195 e. The predicted molar refractivity (Wildman–Crippen MR) is 78.1 cm³/mol. The standard InChI is InChI=1S/C17H12FNO2/c1-21-12-8-11(9-19-10-12)17(20)15-6-7-16(18)14-5-3-2-4-13(14)15/h2-10H,1H3. The molecule has 0 spiro atoms. The predicted octanol–water partition coefficient (Wildman–Crippen LogP) is 3.61. The van der Waals surface area contributed by atoms with Crippen LogP contribution in [0.5, 0.6) is 5.75 Å². The average Bonchev–Trinajstić information content (AvgIpc) is 2.55. The number of halogens is 1. The average molecular weight is 281 g/mol. The molecule has 1 heterocycles. The maximum Gasteiger partial charge on any atom is 0.195 e. The van der Waals surface area contributed by atoms with Gasteiger partial charge in [-0.05, 0) is 23.6 Å². The highest BCUT2D eigenvalue weighted by Crippen LogP contribution is 2.24. The van der Waals surface area contributed by atoms with E-state index >= 15 is 0 Å². The molecule has 0 atom stereocenters. The van der Waals surface area contributed by atoms with Gasteiger partial charge in [0.05, 0.1) is 13.3 Å². The SMILES string of the molecule is COc1cncc(C(=O)c2ccc(F)c3ccccc23)c1. The third-order valence-electron chi connectivity index (χ3n) is 3.33. The summed E-state index contributed by atoms with van der Waals surface area (Å²) in [6.45, 7) is 0. The highest BCUT2D eigenvalue weighted by molar-refractivity contribution is 6.16. The molecule has 0 aliphatic carbocycles. The van der Waals surface area contributed by atoms with Crippen LogP contribution in [0.2, 0.25) is 0 Å². The molecule has 21 heavy (non-hydrogen) atoms. The van der Waals surface area contributed by atoms with E-state index < -0.39 is 0 Å². The Labute approximate surface area is 121 Å². The molecule has 0 saturated heterocycles. The lowest BCUT2D eigenvalue weighted by atomic mass is 9.98. The first-order valence-electron chi connectivity index (χ1n) is 6.41. The molecule has 0 radical (unpaired) electrons. The van der Waals surface area contributed by atoms with Gasteiger partial charge in [-0.1, -0.05) is 24.3 Å². The minimum atomic E-state index is -0.342. The molecule has 3 aromatic rings. The second kappa shape index (κ2) is 5.32. The molecular formula is C17H12FNO2. The maximum atomic E-state index is 13.8. The minimum absolute atomic E-state index is 0.211. The van der Waals surface area contributed by atoms with E-state index in [0.717, 1.165) is 0 Å². The van der Waals surface area contributed by atoms with Gasteiger partial charge in [-0.2, -0.15) is 0 Å². The van der Waals surface area contributed by atoms with E-state index in [1.54, 1.807) is 30.3 Å². The van der Waals surface area contributed by atoms with Gasteiger partial charge in [0, 0.05) is 22.7 Å². The highest BCUT2D eigenvalue weighted by atomic mass is 19.1. The van der Waals surface area contributed by atoms with Gasteiger partial charge in [-0.3, -0.25) is 9.78 Å². The van der Waals surface area contributed by atoms with Crippen molar-refractivity contribution in [3.05, 3.63) is 71.8 Å². The zero-order chi connectivity index (χ0) is 14.8. The number of fused-ring (bicyclic) bond motifs is 1. The van der Waals surface area contributed by atoms with Crippen molar-refractivity contribution in [1.82, 2.24) is 4.98 Å². The van der Waals surface area contributed by atoms with E-state index in [-0.39, 0.29) is 11.6 Å². The summed E-state index contributed by atoms with van der Waals surface area (Å²) in [5.41, 5.74) is 0.855. The van der Waals surface area contributed by atoms with Crippen molar-refractivity contribution in [2.75, 3.05) is 7.11 Å². The molecule has 0 unspecified atom stereocenters. The molecule has 0 N–H and O–H groups in total. The summed E-state index contributed by atoms with van der Waals surface area (Å²) in [6.07, 6.45) is 3.00. The van der Waals surface area contributed by atoms with Crippen LogP contribution in [0.1, 0.15) is 15.9 Å². The second-order valence-corrected chi connectivity index (χ2v) is 4.58. The number of ketones is 1. The molecule has 3 rings (SSSR count). The zero-order valence-electron chi connectivity index (χ0n) is 11.3. The van der Waals surface area contributed by atoms with E-state index in [9.17, 15) is 9.18 Å². The second-order valence-electron chi connectivity index (χ2n) is 4.58. The van der Waals surface area contributed by atoms with Gasteiger partial charge in [-0.25, -0.2) is 4.39 Å². The van der Waals surface area contributed by atoms with Crippen molar-refractivity contribution in [1.29, 1.82) is 0 Å². The number of methoxy groups -OCH3 is 1. The summed E-state index contributed by atoms with van der Waals surface area (Å²) in [7, 11) is 1.51. The van der Waals surface area contributed by atoms with Gasteiger partial charge < -0.3 is 4.74 Å². The lowest BCUT2D eigenvalue weighted by Crippen LogP contribution is -2.04. The van der Waals surface area contributed by atoms with E-state index in [0.29, 0.717) is 27.6 Å². The number of carbonyl (C=O) groups excluding carboxylic acids is 1. The molecule has 0 fully saturated rings. The van der Waals surface area contributed by atoms with Crippen molar-refractivity contribution >= 4 is 16.6 Å². The molecule has 0 bridgehead atoms. The van der Waals surface area contributed by atoms with E-state index in [1.807, 2.05) is 0 Å². The number of hydrogen-bond acceptors (Lipinski definition) is 3. The Hall–Kier alpha value is -2.75. The Kier molecular flexibility index (Phi) is 3.36. The summed E-state index contributed by atoms with van der Waals surface area (Å²) < 4.78 is 18.9. The summed E-state index contributed by atoms with van der Waals surface area (Å²) in [5, 5.41) is 1.02. The number of carbonyl (C=O) groups is 1. The van der Waals surface area contributed by atoms with Gasteiger partial charge in [0.1, 0.15) is 11.6 Å². The number of rotatable bonds is 3. The Morgan fingerprint density at radius 1 is 1.10 bits per heavy atom. The van der Waals surface area contributed by atoms with Crippen molar-refractivity contribution in [3.8, 4) is 5.75 Å². The van der Waals surface area contributed by atoms with Crippen LogP contribution in [-0.4, -0.2) is 17.9 Å². The summed E-state index contributed by atoms with van der Waals surface area (Å²) >= 11 is 0. The number of benzene rings is 2. The van der Waals surface area contributed by atoms with Crippen LogP contribution >= 0.6 is 0 Å². The fourth-order valence-electron chi connectivity index (χ4n) is 2.27. The normalized spacial score (nSPS) is 10.6. The fourth-order valence-corrected chi connectivity index (χ4v) is 2.27. The number of ether oxygens (including phenoxy) is 1. The summed E-state index contributed by atoms with van der Waals surface area (Å²) in [4.78, 5) is 16.6. The fraction of sp³-hybridized carbons (Fsp3) is 0.0588. The van der Waals surface area contributed by atoms with Gasteiger partial charge >= 0.3 is 0 Å². The van der Waals surface area contributed by atoms with Crippen molar-refractivity contribution in [2.45, 2.75) is 0 Å². The highest BCUT2D eigenvalue weighted by Gasteiger charge is 2.15. The third-order valence-corrected chi connectivity index (χ3v) is 3.33. The quantitative estimate of drug-likeness (QED) is 0.688. The van der Waals surface area contributed by atoms with Gasteiger partial charge in [0.25, 0.3) is 0 Å². The van der Waals surface area contributed by atoms with Crippen LogP contribution in [-0.2, 0) is 0 Å². The van der Waals surface area contributed by atoms with E-state index in [4.69, 9.17) is 4.74 Å². The number of hydrogen-bond donors (Lipinski definition) is 0. The molecule has 1 aromatic heterocycles. The van der Waals surface area contributed by atoms with Crippen LogP contribution in [0.3, 0.4) is 0 Å². The first-order chi connectivity index (χ1) is 10.2. The number of pyridine rings is 1. The van der Waals surface area contributed by atoms with Crippen LogP contribution in [0.25, 0.3) is 10.8 Å². The first-order valence-corrected chi connectivity index (χ1v) is 6.41.